The highest BCUT2D eigenvalue weighted by molar-refractivity contribution is 9.10. The first-order chi connectivity index (χ1) is 11.9. The molecule has 1 aliphatic rings. The number of benzene rings is 1. The lowest BCUT2D eigenvalue weighted by molar-refractivity contribution is 0.0787. The Morgan fingerprint density at radius 2 is 2.00 bits per heavy atom. The molecule has 9 heteroatoms. The summed E-state index contributed by atoms with van der Waals surface area (Å²) in [4.78, 5) is 16.8. The normalized spacial score (nSPS) is 14.6. The number of likely N-dealkylation sites (tertiary alicyclic amines) is 1. The second-order valence-electron chi connectivity index (χ2n) is 5.70. The highest BCUT2D eigenvalue weighted by Gasteiger charge is 2.24. The van der Waals surface area contributed by atoms with Gasteiger partial charge in [0.15, 0.2) is 0 Å². The van der Waals surface area contributed by atoms with E-state index in [0.29, 0.717) is 29.0 Å². The Morgan fingerprint density at radius 3 is 2.68 bits per heavy atom. The summed E-state index contributed by atoms with van der Waals surface area (Å²) in [6.45, 7) is 1.40. The highest BCUT2D eigenvalue weighted by atomic mass is 79.9. The van der Waals surface area contributed by atoms with Crippen LogP contribution in [-0.4, -0.2) is 44.4 Å². The number of carbonyl (C=O) groups excluding carboxylic acids is 1. The van der Waals surface area contributed by atoms with Crippen LogP contribution in [0.1, 0.15) is 23.3 Å². The van der Waals surface area contributed by atoms with Crippen molar-refractivity contribution < 1.29 is 17.9 Å². The van der Waals surface area contributed by atoms with E-state index in [0.717, 1.165) is 12.8 Å². The molecule has 1 aliphatic heterocycles. The van der Waals surface area contributed by atoms with E-state index in [4.69, 9.17) is 4.74 Å². The molecule has 2 heterocycles. The van der Waals surface area contributed by atoms with Crippen molar-refractivity contribution in [2.45, 2.75) is 17.7 Å². The number of nitrogens with one attached hydrogen (secondary N) is 2. The first-order valence-corrected chi connectivity index (χ1v) is 10.0. The Hall–Kier alpha value is -2.00. The van der Waals surface area contributed by atoms with Crippen molar-refractivity contribution in [3.8, 4) is 5.75 Å². The number of aromatic nitrogens is 1. The van der Waals surface area contributed by atoms with Gasteiger partial charge in [0.1, 0.15) is 16.3 Å². The number of methoxy groups -OCH3 is 1. The SMILES string of the molecule is COc1ccc(Br)cc1NS(=O)(=O)c1c[nH]c(C(=O)N2CCCC2)c1. The van der Waals surface area contributed by atoms with Crippen molar-refractivity contribution in [2.24, 2.45) is 0 Å². The fraction of sp³-hybridized carbons (Fsp3) is 0.312. The molecule has 0 spiro atoms. The molecule has 0 atom stereocenters. The standard InChI is InChI=1S/C16H18BrN3O4S/c1-24-15-5-4-11(17)8-13(15)19-25(22,23)12-9-14(18-10-12)16(21)20-6-2-3-7-20/h4-5,8-10,18-19H,2-3,6-7H2,1H3. The lowest BCUT2D eigenvalue weighted by atomic mass is 10.3. The van der Waals surface area contributed by atoms with Crippen LogP contribution in [0.3, 0.4) is 0 Å². The Balaban J connectivity index is 1.84. The van der Waals surface area contributed by atoms with E-state index in [1.54, 1.807) is 23.1 Å². The first-order valence-electron chi connectivity index (χ1n) is 7.75. The summed E-state index contributed by atoms with van der Waals surface area (Å²) in [6, 6.07) is 6.37. The predicted molar refractivity (Wildman–Crippen MR) is 97.4 cm³/mol. The minimum absolute atomic E-state index is 0.00271. The summed E-state index contributed by atoms with van der Waals surface area (Å²) in [5.74, 6) is 0.217. The van der Waals surface area contributed by atoms with Crippen LogP contribution in [0.4, 0.5) is 5.69 Å². The minimum atomic E-state index is -3.85. The van der Waals surface area contributed by atoms with Gasteiger partial charge in [-0.1, -0.05) is 15.9 Å². The second kappa shape index (κ2) is 7.09. The monoisotopic (exact) mass is 427 g/mol. The van der Waals surface area contributed by atoms with Crippen LogP contribution in [0, 0.1) is 0 Å². The van der Waals surface area contributed by atoms with E-state index in [1.807, 2.05) is 0 Å². The van der Waals surface area contributed by atoms with Crippen LogP contribution >= 0.6 is 15.9 Å². The maximum atomic E-state index is 12.6. The average Bonchev–Trinajstić information content (AvgIpc) is 3.26. The van der Waals surface area contributed by atoms with Gasteiger partial charge >= 0.3 is 0 Å². The van der Waals surface area contributed by atoms with Crippen molar-refractivity contribution in [1.29, 1.82) is 0 Å². The van der Waals surface area contributed by atoms with Gasteiger partial charge in [0.2, 0.25) is 0 Å². The lowest BCUT2D eigenvalue weighted by Crippen LogP contribution is -2.27. The molecule has 1 fully saturated rings. The Kier molecular flexibility index (Phi) is 5.05. The van der Waals surface area contributed by atoms with Gasteiger partial charge in [-0.3, -0.25) is 9.52 Å². The number of ether oxygens (including phenoxy) is 1. The summed E-state index contributed by atoms with van der Waals surface area (Å²) in [5, 5.41) is 0. The molecule has 2 aromatic rings. The number of anilines is 1. The van der Waals surface area contributed by atoms with E-state index in [9.17, 15) is 13.2 Å². The maximum Gasteiger partial charge on any atom is 0.270 e. The number of H-pyrrole nitrogens is 1. The number of hydrogen-bond acceptors (Lipinski definition) is 4. The van der Waals surface area contributed by atoms with E-state index in [-0.39, 0.29) is 16.5 Å². The van der Waals surface area contributed by atoms with Crippen molar-refractivity contribution in [3.05, 3.63) is 40.6 Å². The van der Waals surface area contributed by atoms with Gasteiger partial charge < -0.3 is 14.6 Å². The van der Waals surface area contributed by atoms with Crippen LogP contribution < -0.4 is 9.46 Å². The molecule has 1 aromatic heterocycles. The lowest BCUT2D eigenvalue weighted by Gasteiger charge is -2.13. The number of carbonyl (C=O) groups is 1. The molecule has 0 unspecified atom stereocenters. The molecular formula is C16H18BrN3O4S. The Labute approximate surface area is 154 Å². The minimum Gasteiger partial charge on any atom is -0.495 e. The number of nitrogens with zero attached hydrogens (tertiary/aromatic N) is 1. The largest absolute Gasteiger partial charge is 0.495 e. The zero-order chi connectivity index (χ0) is 18.0. The van der Waals surface area contributed by atoms with E-state index < -0.39 is 10.0 Å². The molecule has 0 bridgehead atoms. The van der Waals surface area contributed by atoms with Crippen molar-refractivity contribution in [1.82, 2.24) is 9.88 Å². The van der Waals surface area contributed by atoms with Gasteiger partial charge in [0, 0.05) is 23.8 Å². The fourth-order valence-corrected chi connectivity index (χ4v) is 4.12. The van der Waals surface area contributed by atoms with Gasteiger partial charge in [-0.2, -0.15) is 0 Å². The Bertz CT molecular complexity index is 889. The third-order valence-electron chi connectivity index (χ3n) is 4.00. The maximum absolute atomic E-state index is 12.6. The highest BCUT2D eigenvalue weighted by Crippen LogP contribution is 2.30. The molecule has 0 saturated carbocycles. The number of sulfonamides is 1. The molecule has 0 aliphatic carbocycles. The summed E-state index contributed by atoms with van der Waals surface area (Å²) >= 11 is 3.30. The van der Waals surface area contributed by atoms with Crippen molar-refractivity contribution >= 4 is 37.5 Å². The first kappa shape index (κ1) is 17.8. The van der Waals surface area contributed by atoms with Crippen molar-refractivity contribution in [3.63, 3.8) is 0 Å². The van der Waals surface area contributed by atoms with Gasteiger partial charge in [-0.15, -0.1) is 0 Å². The van der Waals surface area contributed by atoms with Crippen LogP contribution in [0.2, 0.25) is 0 Å². The number of amides is 1. The van der Waals surface area contributed by atoms with Crippen LogP contribution in [0.5, 0.6) is 5.75 Å². The third kappa shape index (κ3) is 3.82. The average molecular weight is 428 g/mol. The topological polar surface area (TPSA) is 91.5 Å². The van der Waals surface area contributed by atoms with E-state index in [1.165, 1.54) is 19.4 Å². The Morgan fingerprint density at radius 1 is 1.28 bits per heavy atom. The molecule has 2 N–H and O–H groups in total. The fourth-order valence-electron chi connectivity index (χ4n) is 2.71. The molecule has 25 heavy (non-hydrogen) atoms. The molecule has 1 amide bonds. The number of rotatable bonds is 5. The van der Waals surface area contributed by atoms with Gasteiger partial charge in [0.05, 0.1) is 12.8 Å². The van der Waals surface area contributed by atoms with Crippen molar-refractivity contribution in [2.75, 3.05) is 24.9 Å². The third-order valence-corrected chi connectivity index (χ3v) is 5.83. The molecule has 0 radical (unpaired) electrons. The zero-order valence-electron chi connectivity index (χ0n) is 13.6. The summed E-state index contributed by atoms with van der Waals surface area (Å²) < 4.78 is 33.6. The van der Waals surface area contributed by atoms with Crippen LogP contribution in [0.15, 0.2) is 39.8 Å². The summed E-state index contributed by atoms with van der Waals surface area (Å²) in [6.07, 6.45) is 3.26. The smallest absolute Gasteiger partial charge is 0.270 e. The molecule has 1 saturated heterocycles. The molecule has 134 valence electrons. The van der Waals surface area contributed by atoms with Gasteiger partial charge in [-0.05, 0) is 37.1 Å². The predicted octanol–water partition coefficient (Wildman–Crippen LogP) is 2.82. The number of halogens is 1. The molecule has 1 aromatic carbocycles. The zero-order valence-corrected chi connectivity index (χ0v) is 16.0. The number of aromatic amines is 1. The van der Waals surface area contributed by atoms with Gasteiger partial charge in [0.25, 0.3) is 15.9 Å². The van der Waals surface area contributed by atoms with E-state index >= 15 is 0 Å². The summed E-state index contributed by atoms with van der Waals surface area (Å²) in [5.41, 5.74) is 0.578. The number of hydrogen-bond donors (Lipinski definition) is 2. The summed E-state index contributed by atoms with van der Waals surface area (Å²) in [7, 11) is -2.39. The molecule has 3 rings (SSSR count). The van der Waals surface area contributed by atoms with Crippen LogP contribution in [0.25, 0.3) is 0 Å². The van der Waals surface area contributed by atoms with Gasteiger partial charge in [-0.25, -0.2) is 8.42 Å². The quantitative estimate of drug-likeness (QED) is 0.766. The molecule has 7 nitrogen and oxygen atoms in total. The second-order valence-corrected chi connectivity index (χ2v) is 8.30. The molecular weight excluding hydrogens is 410 g/mol. The van der Waals surface area contributed by atoms with E-state index in [2.05, 4.69) is 25.6 Å². The van der Waals surface area contributed by atoms with Crippen LogP contribution in [-0.2, 0) is 10.0 Å².